The number of benzene rings is 1. The van der Waals surface area contributed by atoms with Crippen LogP contribution in [0.5, 0.6) is 5.75 Å². The molecule has 1 fully saturated rings. The van der Waals surface area contributed by atoms with Crippen LogP contribution in [0.4, 0.5) is 13.2 Å². The predicted molar refractivity (Wildman–Crippen MR) is 91.6 cm³/mol. The summed E-state index contributed by atoms with van der Waals surface area (Å²) in [7, 11) is 0. The van der Waals surface area contributed by atoms with E-state index in [2.05, 4.69) is 4.74 Å². The number of para-hydroxylation sites is 1. The molecule has 8 heteroatoms. The second kappa shape index (κ2) is 8.27. The lowest BCUT2D eigenvalue weighted by Crippen LogP contribution is -2.54. The van der Waals surface area contributed by atoms with Gasteiger partial charge in [-0.05, 0) is 29.9 Å². The van der Waals surface area contributed by atoms with Gasteiger partial charge in [-0.15, -0.1) is 25.6 Å². The molecule has 1 aromatic carbocycles. The van der Waals surface area contributed by atoms with Crippen LogP contribution in [0.3, 0.4) is 0 Å². The monoisotopic (exact) mass is 380 g/mol. The lowest BCUT2D eigenvalue weighted by atomic mass is 9.79. The zero-order valence-corrected chi connectivity index (χ0v) is 15.1. The predicted octanol–water partition coefficient (Wildman–Crippen LogP) is 3.53. The lowest BCUT2D eigenvalue weighted by Gasteiger charge is -2.42. The van der Waals surface area contributed by atoms with Gasteiger partial charge in [-0.2, -0.15) is 0 Å². The molecule has 1 unspecified atom stereocenters. The molecule has 0 aliphatic carbocycles. The van der Waals surface area contributed by atoms with Crippen molar-refractivity contribution < 1.29 is 22.7 Å². The molecule has 1 atom stereocenters. The van der Waals surface area contributed by atoms with E-state index in [0.29, 0.717) is 18.7 Å². The second-order valence-electron chi connectivity index (χ2n) is 6.85. The van der Waals surface area contributed by atoms with E-state index >= 15 is 0 Å². The molecule has 1 heterocycles. The fourth-order valence-corrected chi connectivity index (χ4v) is 2.92. The van der Waals surface area contributed by atoms with E-state index in [0.717, 1.165) is 6.42 Å². The lowest BCUT2D eigenvalue weighted by molar-refractivity contribution is -0.274. The standard InChI is InChI=1S/C17H23F3N2O2.ClH/c1-16(2)11-22(10-9-14(16)21)15(23)8-7-12-5-3-4-6-13(12)24-17(18,19)20;/h3-6,14H,7-11,21H2,1-2H3;1H. The summed E-state index contributed by atoms with van der Waals surface area (Å²) >= 11 is 0. The first-order valence-corrected chi connectivity index (χ1v) is 7.95. The van der Waals surface area contributed by atoms with Crippen molar-refractivity contribution in [2.45, 2.75) is 45.5 Å². The summed E-state index contributed by atoms with van der Waals surface area (Å²) in [6, 6.07) is 5.95. The molecule has 0 bridgehead atoms. The third kappa shape index (κ3) is 6.08. The van der Waals surface area contributed by atoms with Crippen LogP contribution < -0.4 is 10.5 Å². The third-order valence-electron chi connectivity index (χ3n) is 4.47. The first-order chi connectivity index (χ1) is 11.1. The molecule has 2 rings (SSSR count). The van der Waals surface area contributed by atoms with E-state index < -0.39 is 6.36 Å². The number of carbonyl (C=O) groups is 1. The minimum Gasteiger partial charge on any atom is -0.406 e. The summed E-state index contributed by atoms with van der Waals surface area (Å²) in [6.07, 6.45) is -3.67. The van der Waals surface area contributed by atoms with Crippen LogP contribution in [0.15, 0.2) is 24.3 Å². The van der Waals surface area contributed by atoms with Crippen LogP contribution in [0.1, 0.15) is 32.3 Å². The molecule has 1 saturated heterocycles. The van der Waals surface area contributed by atoms with Crippen molar-refractivity contribution in [3.63, 3.8) is 0 Å². The topological polar surface area (TPSA) is 55.6 Å². The fourth-order valence-electron chi connectivity index (χ4n) is 2.92. The van der Waals surface area contributed by atoms with Crippen molar-refractivity contribution in [3.8, 4) is 5.75 Å². The highest BCUT2D eigenvalue weighted by Gasteiger charge is 2.35. The smallest absolute Gasteiger partial charge is 0.406 e. The Bertz CT molecular complexity index is 594. The van der Waals surface area contributed by atoms with Gasteiger partial charge >= 0.3 is 6.36 Å². The molecule has 4 nitrogen and oxygen atoms in total. The number of hydrogen-bond acceptors (Lipinski definition) is 3. The first-order valence-electron chi connectivity index (χ1n) is 7.95. The molecule has 1 aromatic rings. The zero-order chi connectivity index (χ0) is 18.0. The SMILES string of the molecule is CC1(C)CN(C(=O)CCc2ccccc2OC(F)(F)F)CCC1N.Cl. The van der Waals surface area contributed by atoms with Crippen molar-refractivity contribution in [3.05, 3.63) is 29.8 Å². The van der Waals surface area contributed by atoms with E-state index in [9.17, 15) is 18.0 Å². The van der Waals surface area contributed by atoms with Gasteiger partial charge in [0.2, 0.25) is 5.91 Å². The van der Waals surface area contributed by atoms with Gasteiger partial charge in [-0.1, -0.05) is 32.0 Å². The largest absolute Gasteiger partial charge is 0.573 e. The molecule has 1 aliphatic rings. The Morgan fingerprint density at radius 2 is 2.00 bits per heavy atom. The molecule has 0 spiro atoms. The number of ether oxygens (including phenoxy) is 1. The number of hydrogen-bond donors (Lipinski definition) is 1. The molecular formula is C17H24ClF3N2O2. The fraction of sp³-hybridized carbons (Fsp3) is 0.588. The van der Waals surface area contributed by atoms with Crippen LogP contribution in [-0.2, 0) is 11.2 Å². The Morgan fingerprint density at radius 1 is 1.36 bits per heavy atom. The normalized spacial score (nSPS) is 19.9. The number of alkyl halides is 3. The van der Waals surface area contributed by atoms with Crippen LogP contribution in [0.2, 0.25) is 0 Å². The number of halogens is 4. The number of amides is 1. The Kier molecular flexibility index (Phi) is 7.14. The molecule has 2 N–H and O–H groups in total. The van der Waals surface area contributed by atoms with Crippen molar-refractivity contribution in [1.82, 2.24) is 4.90 Å². The quantitative estimate of drug-likeness (QED) is 0.869. The molecule has 0 aromatic heterocycles. The highest BCUT2D eigenvalue weighted by Crippen LogP contribution is 2.29. The third-order valence-corrected chi connectivity index (χ3v) is 4.47. The Hall–Kier alpha value is -1.47. The number of piperidine rings is 1. The van der Waals surface area contributed by atoms with E-state index in [1.807, 2.05) is 13.8 Å². The molecule has 25 heavy (non-hydrogen) atoms. The maximum atomic E-state index is 12.4. The zero-order valence-electron chi connectivity index (χ0n) is 14.3. The Morgan fingerprint density at radius 3 is 2.60 bits per heavy atom. The number of likely N-dealkylation sites (tertiary alicyclic amines) is 1. The number of carbonyl (C=O) groups excluding carboxylic acids is 1. The van der Waals surface area contributed by atoms with E-state index in [1.54, 1.807) is 17.0 Å². The highest BCUT2D eigenvalue weighted by atomic mass is 35.5. The Balaban J connectivity index is 0.00000312. The summed E-state index contributed by atoms with van der Waals surface area (Å²) < 4.78 is 41.3. The van der Waals surface area contributed by atoms with Crippen LogP contribution >= 0.6 is 12.4 Å². The van der Waals surface area contributed by atoms with Gasteiger partial charge in [-0.3, -0.25) is 4.79 Å². The van der Waals surface area contributed by atoms with Gasteiger partial charge in [-0.25, -0.2) is 0 Å². The summed E-state index contributed by atoms with van der Waals surface area (Å²) in [5.41, 5.74) is 6.27. The van der Waals surface area contributed by atoms with Crippen LogP contribution in [0, 0.1) is 5.41 Å². The van der Waals surface area contributed by atoms with Crippen LogP contribution in [0.25, 0.3) is 0 Å². The van der Waals surface area contributed by atoms with E-state index in [1.165, 1.54) is 12.1 Å². The Labute approximate surface area is 151 Å². The maximum absolute atomic E-state index is 12.4. The van der Waals surface area contributed by atoms with Gasteiger partial charge in [0.1, 0.15) is 5.75 Å². The van der Waals surface area contributed by atoms with Gasteiger partial charge in [0.15, 0.2) is 0 Å². The van der Waals surface area contributed by atoms with Gasteiger partial charge in [0, 0.05) is 25.6 Å². The summed E-state index contributed by atoms with van der Waals surface area (Å²) in [5.74, 6) is -0.324. The minimum atomic E-state index is -4.74. The molecular weight excluding hydrogens is 357 g/mol. The molecule has 0 radical (unpaired) electrons. The van der Waals surface area contributed by atoms with Gasteiger partial charge in [0.25, 0.3) is 0 Å². The van der Waals surface area contributed by atoms with Crippen molar-refractivity contribution >= 4 is 18.3 Å². The number of aryl methyl sites for hydroxylation is 1. The average Bonchev–Trinajstić information content (AvgIpc) is 2.47. The van der Waals surface area contributed by atoms with E-state index in [-0.39, 0.29) is 48.4 Å². The second-order valence-corrected chi connectivity index (χ2v) is 6.85. The molecule has 0 saturated carbocycles. The number of nitrogens with zero attached hydrogens (tertiary/aromatic N) is 1. The number of nitrogens with two attached hydrogens (primary N) is 1. The molecule has 142 valence electrons. The first kappa shape index (κ1) is 21.6. The van der Waals surface area contributed by atoms with Crippen molar-refractivity contribution in [1.29, 1.82) is 0 Å². The molecule has 1 amide bonds. The summed E-state index contributed by atoms with van der Waals surface area (Å²) in [5, 5.41) is 0. The van der Waals surface area contributed by atoms with Gasteiger partial charge in [0.05, 0.1) is 0 Å². The maximum Gasteiger partial charge on any atom is 0.573 e. The highest BCUT2D eigenvalue weighted by molar-refractivity contribution is 5.85. The summed E-state index contributed by atoms with van der Waals surface area (Å²) in [6.45, 7) is 5.19. The minimum absolute atomic E-state index is 0. The molecule has 1 aliphatic heterocycles. The number of rotatable bonds is 4. The van der Waals surface area contributed by atoms with Crippen molar-refractivity contribution in [2.24, 2.45) is 11.1 Å². The average molecular weight is 381 g/mol. The van der Waals surface area contributed by atoms with Gasteiger partial charge < -0.3 is 15.4 Å². The van der Waals surface area contributed by atoms with E-state index in [4.69, 9.17) is 5.73 Å². The van der Waals surface area contributed by atoms with Crippen LogP contribution in [-0.4, -0.2) is 36.3 Å². The van der Waals surface area contributed by atoms with Crippen molar-refractivity contribution in [2.75, 3.05) is 13.1 Å². The summed E-state index contributed by atoms with van der Waals surface area (Å²) in [4.78, 5) is 14.1.